The molecule has 0 amide bonds. The Labute approximate surface area is 394 Å². The average Bonchev–Trinajstić information content (AvgIpc) is 3.77. The molecule has 0 aliphatic heterocycles. The second-order valence-electron chi connectivity index (χ2n) is 16.2. The van der Waals surface area contributed by atoms with Crippen LogP contribution in [0.5, 0.6) is 0 Å². The maximum absolute atomic E-state index is 12.2. The lowest BCUT2D eigenvalue weighted by atomic mass is 9.99. The molecular formula is C48H64Br2N2O8S2. The summed E-state index contributed by atoms with van der Waals surface area (Å²) in [6.07, 6.45) is 12.0. The summed E-state index contributed by atoms with van der Waals surface area (Å²) in [6.45, 7) is 19.2. The minimum atomic E-state index is -0.787. The first-order valence-electron chi connectivity index (χ1n) is 20.8. The summed E-state index contributed by atoms with van der Waals surface area (Å²) in [4.78, 5) is 55.6. The molecule has 0 saturated heterocycles. The van der Waals surface area contributed by atoms with E-state index >= 15 is 0 Å². The first kappa shape index (κ1) is 56.4. The minimum absolute atomic E-state index is 0.0900. The number of nitrogens with zero attached hydrogens (tertiary/aromatic N) is 2. The van der Waals surface area contributed by atoms with Gasteiger partial charge in [0, 0.05) is 48.3 Å². The van der Waals surface area contributed by atoms with Gasteiger partial charge in [-0.1, -0.05) is 82.5 Å². The first-order chi connectivity index (χ1) is 29.1. The molecule has 0 aromatic carbocycles. The van der Waals surface area contributed by atoms with Gasteiger partial charge in [-0.05, 0) is 131 Å². The molecule has 2 aromatic heterocycles. The minimum Gasteiger partial charge on any atom is -0.481 e. The number of aromatic nitrogens is 2. The summed E-state index contributed by atoms with van der Waals surface area (Å²) in [5.41, 5.74) is 3.97. The van der Waals surface area contributed by atoms with Gasteiger partial charge in [0.1, 0.15) is 18.0 Å². The highest BCUT2D eigenvalue weighted by atomic mass is 79.9. The van der Waals surface area contributed by atoms with E-state index in [0.29, 0.717) is 43.9 Å². The van der Waals surface area contributed by atoms with Gasteiger partial charge in [-0.25, -0.2) is 19.6 Å². The lowest BCUT2D eigenvalue weighted by Crippen LogP contribution is -2.18. The van der Waals surface area contributed by atoms with Crippen LogP contribution in [0.3, 0.4) is 0 Å². The maximum atomic E-state index is 12.2. The number of allylic oxidation sites excluding steroid dienone is 5. The molecule has 0 unspecified atom stereocenters. The number of ether oxygens (including phenoxy) is 2. The highest BCUT2D eigenvalue weighted by Crippen LogP contribution is 2.21. The van der Waals surface area contributed by atoms with Crippen molar-refractivity contribution in [3.63, 3.8) is 0 Å². The van der Waals surface area contributed by atoms with Gasteiger partial charge in [0.25, 0.3) is 0 Å². The number of carboxylic acids is 1. The summed E-state index contributed by atoms with van der Waals surface area (Å²) < 4.78 is 12.8. The zero-order chi connectivity index (χ0) is 46.8. The monoisotopic (exact) mass is 1020 g/mol. The molecule has 0 spiro atoms. The van der Waals surface area contributed by atoms with E-state index in [-0.39, 0.29) is 18.1 Å². The number of carboxylic acid groups (broad SMARTS) is 1. The largest absolute Gasteiger partial charge is 0.481 e. The molecule has 2 rings (SSSR count). The molecule has 0 aliphatic carbocycles. The standard InChI is InChI=1S/C25H34BrNO3S.C23H30BrNO5S/c1-17(2)12-18(3)8-7-9-25(29)30-23(14-20(5)26)15-24-27-22(16-31-24)11-10-19(4)13-21(6)28;1-15(10-18(4)26)6-5-7-23(29)30-20(12-17(3)24)13-21-25-19(14-31-21)9-8-16(2)11-22(27)28/h8,14,16-17,19,23H,10-13,15H2,1-6H3;6,12,14,16,18,20,26H,8-11,13H2,1-4H3,(H,27,28)/b18-8+,20-14+;15-6+,17-12+/t19-,23-;16-,18+,20-/m11/s1. The number of ketones is 1. The van der Waals surface area contributed by atoms with Gasteiger partial charge >= 0.3 is 17.9 Å². The Balaban J connectivity index is 0.000000620. The number of hydrogen-bond donors (Lipinski definition) is 2. The number of halogens is 2. The topological polar surface area (TPSA) is 153 Å². The lowest BCUT2D eigenvalue weighted by molar-refractivity contribution is -0.140. The molecule has 5 atom stereocenters. The predicted octanol–water partition coefficient (Wildman–Crippen LogP) is 11.1. The number of aryl methyl sites for hydroxylation is 2. The van der Waals surface area contributed by atoms with Crippen LogP contribution in [-0.2, 0) is 54.3 Å². The molecule has 0 bridgehead atoms. The summed E-state index contributed by atoms with van der Waals surface area (Å²) in [5.74, 6) is 9.74. The summed E-state index contributed by atoms with van der Waals surface area (Å²) >= 11 is 9.85. The van der Waals surface area contributed by atoms with E-state index in [1.807, 2.05) is 51.5 Å². The van der Waals surface area contributed by atoms with Crippen LogP contribution in [0.15, 0.2) is 55.2 Å². The zero-order valence-corrected chi connectivity index (χ0v) is 42.6. The van der Waals surface area contributed by atoms with Crippen LogP contribution in [0, 0.1) is 41.4 Å². The number of carbonyl (C=O) groups excluding carboxylic acids is 3. The molecule has 340 valence electrons. The van der Waals surface area contributed by atoms with E-state index in [9.17, 15) is 24.3 Å². The smallest absolute Gasteiger partial charge is 0.385 e. The fourth-order valence-electron chi connectivity index (χ4n) is 6.02. The number of thiazole rings is 2. The van der Waals surface area contributed by atoms with Crippen LogP contribution in [0.2, 0.25) is 0 Å². The number of rotatable bonds is 22. The fraction of sp³-hybridized carbons (Fsp3) is 0.542. The Bertz CT molecular complexity index is 1860. The third kappa shape index (κ3) is 29.6. The van der Waals surface area contributed by atoms with Gasteiger partial charge in [0.05, 0.1) is 27.5 Å². The van der Waals surface area contributed by atoms with Gasteiger partial charge < -0.3 is 24.5 Å². The van der Waals surface area contributed by atoms with Crippen LogP contribution < -0.4 is 0 Å². The third-order valence-electron chi connectivity index (χ3n) is 8.58. The van der Waals surface area contributed by atoms with Crippen LogP contribution in [-0.4, -0.2) is 62.2 Å². The first-order valence-corrected chi connectivity index (χ1v) is 24.1. The van der Waals surface area contributed by atoms with E-state index in [1.54, 1.807) is 43.4 Å². The molecule has 2 N–H and O–H groups in total. The Morgan fingerprint density at radius 2 is 1.11 bits per heavy atom. The van der Waals surface area contributed by atoms with Crippen molar-refractivity contribution >= 4 is 78.2 Å². The fourth-order valence-corrected chi connectivity index (χ4v) is 8.36. The maximum Gasteiger partial charge on any atom is 0.385 e. The number of aliphatic carboxylic acids is 1. The zero-order valence-electron chi connectivity index (χ0n) is 37.8. The Hall–Kier alpha value is -3.66. The second-order valence-corrected chi connectivity index (χ2v) is 20.6. The number of hydrogen-bond acceptors (Lipinski definition) is 11. The second kappa shape index (κ2) is 31.2. The number of aliphatic hydroxyl groups excluding tert-OH is 1. The quantitative estimate of drug-likeness (QED) is 0.0662. The summed E-state index contributed by atoms with van der Waals surface area (Å²) in [7, 11) is 0. The van der Waals surface area contributed by atoms with Crippen molar-refractivity contribution in [1.29, 1.82) is 0 Å². The Morgan fingerprint density at radius 3 is 1.48 bits per heavy atom. The van der Waals surface area contributed by atoms with Crippen LogP contribution in [0.1, 0.15) is 129 Å². The highest BCUT2D eigenvalue weighted by molar-refractivity contribution is 9.12. The summed E-state index contributed by atoms with van der Waals surface area (Å²) in [5, 5.41) is 24.0. The van der Waals surface area contributed by atoms with Crippen molar-refractivity contribution in [3.05, 3.63) is 76.6 Å². The van der Waals surface area contributed by atoms with Crippen molar-refractivity contribution in [2.24, 2.45) is 17.8 Å². The molecule has 2 aromatic rings. The lowest BCUT2D eigenvalue weighted by Gasteiger charge is -2.11. The SMILES string of the molecule is C/C(Br)=C\[C@H](Cc1nc(CC[C@@H](C)CC(=O)O)cs1)OC(=O)C#C/C=C(\C)C[C@H](C)O.CC(=O)C[C@H](C)CCc1csc(C[C@@H](/C=C(\C)Br)OC(=O)C#C/C=C(\C)CC(C)C)n1. The van der Waals surface area contributed by atoms with Gasteiger partial charge in [0.15, 0.2) is 0 Å². The van der Waals surface area contributed by atoms with Crippen molar-refractivity contribution in [3.8, 4) is 23.7 Å². The van der Waals surface area contributed by atoms with Gasteiger partial charge in [0.2, 0.25) is 0 Å². The molecule has 0 saturated carbocycles. The molecule has 10 nitrogen and oxygen atoms in total. The van der Waals surface area contributed by atoms with E-state index in [4.69, 9.17) is 14.6 Å². The third-order valence-corrected chi connectivity index (χ3v) is 10.9. The summed E-state index contributed by atoms with van der Waals surface area (Å²) in [6, 6.07) is 0. The Morgan fingerprint density at radius 1 is 0.694 bits per heavy atom. The molecule has 14 heteroatoms. The van der Waals surface area contributed by atoms with Crippen LogP contribution in [0.25, 0.3) is 0 Å². The normalized spacial score (nSPS) is 14.5. The van der Waals surface area contributed by atoms with Crippen molar-refractivity contribution in [2.45, 2.75) is 152 Å². The predicted molar refractivity (Wildman–Crippen MR) is 258 cm³/mol. The molecule has 0 fully saturated rings. The van der Waals surface area contributed by atoms with Gasteiger partial charge in [-0.3, -0.25) is 4.79 Å². The number of carbonyl (C=O) groups is 4. The van der Waals surface area contributed by atoms with Crippen LogP contribution >= 0.6 is 54.5 Å². The highest BCUT2D eigenvalue weighted by Gasteiger charge is 2.17. The van der Waals surface area contributed by atoms with Crippen molar-refractivity contribution in [1.82, 2.24) is 9.97 Å². The number of esters is 2. The average molecular weight is 1020 g/mol. The van der Waals surface area contributed by atoms with Crippen molar-refractivity contribution < 1.29 is 38.9 Å². The molecular weight excluding hydrogens is 956 g/mol. The van der Waals surface area contributed by atoms with E-state index in [1.165, 1.54) is 11.3 Å². The molecule has 0 radical (unpaired) electrons. The van der Waals surface area contributed by atoms with Crippen molar-refractivity contribution in [2.75, 3.05) is 0 Å². The molecule has 0 aliphatic rings. The Kier molecular flexibility index (Phi) is 28.4. The molecule has 2 heterocycles. The van der Waals surface area contributed by atoms with E-state index in [2.05, 4.69) is 86.3 Å². The van der Waals surface area contributed by atoms with E-state index in [0.717, 1.165) is 67.2 Å². The number of Topliss-reactive ketones (excluding diaryl/α,β-unsaturated/α-hetero) is 1. The molecule has 62 heavy (non-hydrogen) atoms. The van der Waals surface area contributed by atoms with Gasteiger partial charge in [-0.15, -0.1) is 22.7 Å². The van der Waals surface area contributed by atoms with E-state index < -0.39 is 36.2 Å². The number of aliphatic hydroxyl groups is 1. The van der Waals surface area contributed by atoms with Gasteiger partial charge in [-0.2, -0.15) is 0 Å². The van der Waals surface area contributed by atoms with Crippen LogP contribution in [0.4, 0.5) is 0 Å².